The number of benzene rings is 2. The lowest BCUT2D eigenvalue weighted by Crippen LogP contribution is -2.35. The van der Waals surface area contributed by atoms with Crippen LogP contribution in [-0.4, -0.2) is 54.5 Å². The van der Waals surface area contributed by atoms with E-state index in [9.17, 15) is 18.0 Å². The monoisotopic (exact) mass is 569 g/mol. The maximum absolute atomic E-state index is 13.1. The lowest BCUT2D eigenvalue weighted by Gasteiger charge is -2.25. The second-order valence-corrected chi connectivity index (χ2v) is 12.4. The van der Waals surface area contributed by atoms with Gasteiger partial charge in [-0.2, -0.15) is 21.2 Å². The van der Waals surface area contributed by atoms with Gasteiger partial charge >= 0.3 is 0 Å². The minimum absolute atomic E-state index is 0.0452. The highest BCUT2D eigenvalue weighted by molar-refractivity contribution is 7.98. The van der Waals surface area contributed by atoms with Gasteiger partial charge in [0.25, 0.3) is 5.91 Å². The first-order chi connectivity index (χ1) is 18.8. The Bertz CT molecular complexity index is 1450. The van der Waals surface area contributed by atoms with Crippen LogP contribution in [0.4, 0.5) is 5.82 Å². The first kappa shape index (κ1) is 27.2. The SMILES string of the molecule is COc1ccc(CNC(=O)Cn2nc3c(c2NC(=O)c2ccc(S(=O)(=O)N4CCCCC4)cc2)CSC3)cc1. The number of methoxy groups -OCH3 is 1. The van der Waals surface area contributed by atoms with E-state index >= 15 is 0 Å². The van der Waals surface area contributed by atoms with Gasteiger partial charge in [0.05, 0.1) is 17.7 Å². The number of piperidine rings is 1. The van der Waals surface area contributed by atoms with Gasteiger partial charge in [0.2, 0.25) is 15.9 Å². The van der Waals surface area contributed by atoms with Crippen LogP contribution in [0.3, 0.4) is 0 Å². The van der Waals surface area contributed by atoms with E-state index in [0.29, 0.717) is 42.5 Å². The van der Waals surface area contributed by atoms with Gasteiger partial charge in [-0.3, -0.25) is 9.59 Å². The Morgan fingerprint density at radius 2 is 1.72 bits per heavy atom. The summed E-state index contributed by atoms with van der Waals surface area (Å²) >= 11 is 1.69. The molecule has 39 heavy (non-hydrogen) atoms. The molecule has 0 bridgehead atoms. The quantitative estimate of drug-likeness (QED) is 0.405. The van der Waals surface area contributed by atoms with Crippen molar-refractivity contribution >= 4 is 39.4 Å². The zero-order chi connectivity index (χ0) is 27.4. The summed E-state index contributed by atoms with van der Waals surface area (Å²) in [6.45, 7) is 1.35. The van der Waals surface area contributed by atoms with Crippen LogP contribution in [0.1, 0.15) is 46.4 Å². The predicted molar refractivity (Wildman–Crippen MR) is 149 cm³/mol. The van der Waals surface area contributed by atoms with Gasteiger partial charge in [0.15, 0.2) is 0 Å². The van der Waals surface area contributed by atoms with Crippen molar-refractivity contribution in [1.82, 2.24) is 19.4 Å². The van der Waals surface area contributed by atoms with Crippen molar-refractivity contribution in [1.29, 1.82) is 0 Å². The molecule has 1 saturated heterocycles. The van der Waals surface area contributed by atoms with Crippen molar-refractivity contribution in [2.45, 2.75) is 48.8 Å². The molecule has 1 fully saturated rings. The lowest BCUT2D eigenvalue weighted by atomic mass is 10.2. The Kier molecular flexibility index (Phi) is 8.24. The van der Waals surface area contributed by atoms with E-state index in [-0.39, 0.29) is 17.3 Å². The highest BCUT2D eigenvalue weighted by Gasteiger charge is 2.27. The second kappa shape index (κ2) is 11.8. The van der Waals surface area contributed by atoms with E-state index in [1.54, 1.807) is 18.9 Å². The number of nitrogens with one attached hydrogen (secondary N) is 2. The first-order valence-electron chi connectivity index (χ1n) is 12.8. The van der Waals surface area contributed by atoms with E-state index in [0.717, 1.165) is 41.8 Å². The molecule has 0 aliphatic carbocycles. The van der Waals surface area contributed by atoms with Crippen molar-refractivity contribution < 1.29 is 22.7 Å². The fraction of sp³-hybridized carbons (Fsp3) is 0.370. The molecule has 3 aromatic rings. The number of hydrogen-bond donors (Lipinski definition) is 2. The van der Waals surface area contributed by atoms with Crippen LogP contribution in [0.15, 0.2) is 53.4 Å². The third kappa shape index (κ3) is 6.13. The van der Waals surface area contributed by atoms with Crippen molar-refractivity contribution in [2.24, 2.45) is 0 Å². The number of amides is 2. The zero-order valence-electron chi connectivity index (χ0n) is 21.7. The minimum atomic E-state index is -3.58. The van der Waals surface area contributed by atoms with Crippen LogP contribution >= 0.6 is 11.8 Å². The van der Waals surface area contributed by atoms with Crippen molar-refractivity contribution in [3.8, 4) is 5.75 Å². The molecule has 2 N–H and O–H groups in total. The average molecular weight is 570 g/mol. The number of ether oxygens (including phenoxy) is 1. The van der Waals surface area contributed by atoms with Crippen LogP contribution < -0.4 is 15.4 Å². The van der Waals surface area contributed by atoms with Gasteiger partial charge < -0.3 is 15.4 Å². The number of fused-ring (bicyclic) bond motifs is 1. The summed E-state index contributed by atoms with van der Waals surface area (Å²) in [5.74, 6) is 2.00. The molecule has 0 spiro atoms. The van der Waals surface area contributed by atoms with Crippen molar-refractivity contribution in [3.63, 3.8) is 0 Å². The van der Waals surface area contributed by atoms with Crippen LogP contribution in [-0.2, 0) is 39.4 Å². The Balaban J connectivity index is 1.26. The van der Waals surface area contributed by atoms with Gasteiger partial charge in [-0.25, -0.2) is 13.1 Å². The third-order valence-corrected chi connectivity index (χ3v) is 9.75. The van der Waals surface area contributed by atoms with Crippen LogP contribution in [0.5, 0.6) is 5.75 Å². The molecule has 2 aliphatic heterocycles. The predicted octanol–water partition coefficient (Wildman–Crippen LogP) is 3.38. The summed E-state index contributed by atoms with van der Waals surface area (Å²) in [6, 6.07) is 13.4. The standard InChI is InChI=1S/C27H31N5O5S2/c1-37-21-9-5-19(6-10-21)15-28-25(33)16-32-26(23-17-38-18-24(23)30-32)29-27(34)20-7-11-22(12-8-20)39(35,36)31-13-3-2-4-14-31/h5-12H,2-4,13-18H2,1H3,(H,28,33)(H,29,34). The maximum atomic E-state index is 13.1. The van der Waals surface area contributed by atoms with E-state index < -0.39 is 15.9 Å². The number of thioether (sulfide) groups is 1. The smallest absolute Gasteiger partial charge is 0.256 e. The molecule has 5 rings (SSSR count). The van der Waals surface area contributed by atoms with Crippen molar-refractivity contribution in [3.05, 3.63) is 70.9 Å². The van der Waals surface area contributed by atoms with Gasteiger partial charge in [0.1, 0.15) is 18.1 Å². The largest absolute Gasteiger partial charge is 0.497 e. The fourth-order valence-corrected chi connectivity index (χ4v) is 7.22. The molecule has 12 heteroatoms. The molecule has 0 radical (unpaired) electrons. The second-order valence-electron chi connectivity index (χ2n) is 9.49. The molecule has 0 atom stereocenters. The molecule has 3 heterocycles. The summed E-state index contributed by atoms with van der Waals surface area (Å²) in [7, 11) is -1.98. The Morgan fingerprint density at radius 3 is 2.41 bits per heavy atom. The van der Waals surface area contributed by atoms with Crippen LogP contribution in [0, 0.1) is 0 Å². The normalized spacial score (nSPS) is 15.5. The maximum Gasteiger partial charge on any atom is 0.256 e. The first-order valence-corrected chi connectivity index (χ1v) is 15.4. The lowest BCUT2D eigenvalue weighted by molar-refractivity contribution is -0.122. The topological polar surface area (TPSA) is 123 Å². The molecular formula is C27H31N5O5S2. The molecule has 206 valence electrons. The summed E-state index contributed by atoms with van der Waals surface area (Å²) < 4.78 is 34.1. The Morgan fingerprint density at radius 1 is 1.00 bits per heavy atom. The third-order valence-electron chi connectivity index (χ3n) is 6.86. The van der Waals surface area contributed by atoms with Crippen LogP contribution in [0.2, 0.25) is 0 Å². The average Bonchev–Trinajstić information content (AvgIpc) is 3.55. The molecule has 1 aromatic heterocycles. The van der Waals surface area contributed by atoms with Crippen molar-refractivity contribution in [2.75, 3.05) is 25.5 Å². The number of anilines is 1. The molecule has 2 aliphatic rings. The van der Waals surface area contributed by atoms with Gasteiger partial charge in [-0.05, 0) is 54.8 Å². The molecular weight excluding hydrogens is 538 g/mol. The molecule has 10 nitrogen and oxygen atoms in total. The summed E-state index contributed by atoms with van der Waals surface area (Å²) in [6.07, 6.45) is 2.75. The highest BCUT2D eigenvalue weighted by Crippen LogP contribution is 2.35. The number of aromatic nitrogens is 2. The number of nitrogens with zero attached hydrogens (tertiary/aromatic N) is 3. The zero-order valence-corrected chi connectivity index (χ0v) is 23.3. The van der Waals surface area contributed by atoms with Gasteiger partial charge in [0, 0.05) is 42.3 Å². The van der Waals surface area contributed by atoms with Crippen LogP contribution in [0.25, 0.3) is 0 Å². The summed E-state index contributed by atoms with van der Waals surface area (Å²) in [5.41, 5.74) is 3.01. The van der Waals surface area contributed by atoms with E-state index in [1.807, 2.05) is 24.3 Å². The summed E-state index contributed by atoms with van der Waals surface area (Å²) in [4.78, 5) is 26.1. The van der Waals surface area contributed by atoms with E-state index in [1.165, 1.54) is 33.3 Å². The number of carbonyl (C=O) groups is 2. The number of carbonyl (C=O) groups excluding carboxylic acids is 2. The van der Waals surface area contributed by atoms with Gasteiger partial charge in [-0.15, -0.1) is 0 Å². The molecule has 2 amide bonds. The Hall–Kier alpha value is -3.35. The van der Waals surface area contributed by atoms with E-state index in [2.05, 4.69) is 15.7 Å². The number of hydrogen-bond acceptors (Lipinski definition) is 7. The van der Waals surface area contributed by atoms with Gasteiger partial charge in [-0.1, -0.05) is 18.6 Å². The molecule has 2 aromatic carbocycles. The molecule has 0 unspecified atom stereocenters. The Labute approximate surface area is 232 Å². The molecule has 0 saturated carbocycles. The summed E-state index contributed by atoms with van der Waals surface area (Å²) in [5, 5.41) is 10.4. The minimum Gasteiger partial charge on any atom is -0.497 e. The number of rotatable bonds is 9. The van der Waals surface area contributed by atoms with E-state index in [4.69, 9.17) is 4.74 Å². The fourth-order valence-electron chi connectivity index (χ4n) is 4.67. The highest BCUT2D eigenvalue weighted by atomic mass is 32.2. The number of sulfonamides is 1.